The summed E-state index contributed by atoms with van der Waals surface area (Å²) in [4.78, 5) is 24.9. The summed E-state index contributed by atoms with van der Waals surface area (Å²) in [7, 11) is -3.68. The molecule has 0 spiro atoms. The van der Waals surface area contributed by atoms with Crippen LogP contribution in [0.5, 0.6) is 0 Å². The Morgan fingerprint density at radius 3 is 2.59 bits per heavy atom. The predicted octanol–water partition coefficient (Wildman–Crippen LogP) is 1.31. The van der Waals surface area contributed by atoms with Gasteiger partial charge in [0, 0.05) is 43.2 Å². The molecule has 0 aliphatic heterocycles. The van der Waals surface area contributed by atoms with Crippen LogP contribution < -0.4 is 10.6 Å². The third kappa shape index (κ3) is 7.40. The summed E-state index contributed by atoms with van der Waals surface area (Å²) in [5.74, 6) is -0.405. The normalized spacial score (nSPS) is 11.4. The van der Waals surface area contributed by atoms with Gasteiger partial charge in [-0.15, -0.1) is 0 Å². The summed E-state index contributed by atoms with van der Waals surface area (Å²) in [6.07, 6.45) is 1.10. The molecule has 0 bridgehead atoms. The molecule has 0 saturated carbocycles. The van der Waals surface area contributed by atoms with Crippen molar-refractivity contribution in [3.05, 3.63) is 27.8 Å². The van der Waals surface area contributed by atoms with Crippen molar-refractivity contribution in [1.82, 2.24) is 0 Å². The van der Waals surface area contributed by atoms with Gasteiger partial charge in [0.25, 0.3) is 15.8 Å². The molecule has 12 heteroatoms. The summed E-state index contributed by atoms with van der Waals surface area (Å²) in [6, 6.07) is 2.50. The van der Waals surface area contributed by atoms with Gasteiger partial charge in [-0.2, -0.15) is 8.42 Å². The maximum absolute atomic E-state index is 12.5. The molecule has 1 aromatic carbocycles. The number of Topliss-reactive ketones (excluding diaryl/α,β-unsaturated/α-hetero) is 1. The van der Waals surface area contributed by atoms with E-state index in [0.717, 1.165) is 12.3 Å². The highest BCUT2D eigenvalue weighted by molar-refractivity contribution is 9.09. The lowest BCUT2D eigenvalue weighted by atomic mass is 10.0. The second-order valence-corrected chi connectivity index (χ2v) is 8.08. The quantitative estimate of drug-likeness (QED) is 0.115. The molecule has 1 rings (SSSR count). The van der Waals surface area contributed by atoms with Gasteiger partial charge in [0.1, 0.15) is 5.69 Å². The Hall–Kier alpha value is -1.76. The number of nitrogens with two attached hydrogens (primary N) is 1. The van der Waals surface area contributed by atoms with E-state index in [1.165, 1.54) is 11.0 Å². The number of anilines is 2. The number of carbonyl (C=O) groups is 1. The maximum Gasteiger partial charge on any atom is 0.295 e. The fourth-order valence-electron chi connectivity index (χ4n) is 2.44. The van der Waals surface area contributed by atoms with E-state index >= 15 is 0 Å². The minimum absolute atomic E-state index is 0.00368. The lowest BCUT2D eigenvalue weighted by Crippen LogP contribution is -2.32. The molecule has 0 unspecified atom stereocenters. The first kappa shape index (κ1) is 23.3. The first-order valence-corrected chi connectivity index (χ1v) is 10.9. The first-order valence-electron chi connectivity index (χ1n) is 7.98. The predicted molar refractivity (Wildman–Crippen MR) is 105 cm³/mol. The highest BCUT2D eigenvalue weighted by Crippen LogP contribution is 2.35. The van der Waals surface area contributed by atoms with Crippen LogP contribution in [0.1, 0.15) is 23.2 Å². The number of aliphatic hydroxyl groups excluding tert-OH is 1. The smallest absolute Gasteiger partial charge is 0.295 e. The molecule has 0 aromatic heterocycles. The molecule has 1 aromatic rings. The number of ketones is 1. The number of halogens is 1. The molecule has 0 radical (unpaired) electrons. The van der Waals surface area contributed by atoms with Crippen LogP contribution in [0.2, 0.25) is 0 Å². The van der Waals surface area contributed by atoms with E-state index in [2.05, 4.69) is 15.9 Å². The van der Waals surface area contributed by atoms with Gasteiger partial charge < -0.3 is 15.7 Å². The zero-order valence-electron chi connectivity index (χ0n) is 14.8. The fourth-order valence-corrected chi connectivity index (χ4v) is 3.24. The minimum atomic E-state index is -3.68. The second kappa shape index (κ2) is 10.5. The number of nitro benzene ring substituents is 1. The van der Waals surface area contributed by atoms with E-state index in [0.29, 0.717) is 5.33 Å². The Morgan fingerprint density at radius 1 is 1.41 bits per heavy atom. The number of rotatable bonds is 12. The van der Waals surface area contributed by atoms with Crippen LogP contribution in [-0.4, -0.2) is 62.1 Å². The number of nitro groups is 1. The molecule has 0 saturated heterocycles. The molecule has 10 nitrogen and oxygen atoms in total. The molecule has 3 N–H and O–H groups in total. The maximum atomic E-state index is 12.5. The van der Waals surface area contributed by atoms with E-state index in [1.54, 1.807) is 0 Å². The molecular weight excluding hydrogens is 446 g/mol. The summed E-state index contributed by atoms with van der Waals surface area (Å²) in [6.45, 7) is -0.168. The first-order chi connectivity index (χ1) is 12.6. The van der Waals surface area contributed by atoms with Gasteiger partial charge in [0.2, 0.25) is 0 Å². The number of hydrogen-bond acceptors (Lipinski definition) is 9. The van der Waals surface area contributed by atoms with E-state index in [-0.39, 0.29) is 61.8 Å². The second-order valence-electron chi connectivity index (χ2n) is 5.65. The van der Waals surface area contributed by atoms with Crippen LogP contribution in [0.3, 0.4) is 0 Å². The van der Waals surface area contributed by atoms with Crippen molar-refractivity contribution in [2.24, 2.45) is 0 Å². The van der Waals surface area contributed by atoms with Crippen LogP contribution >= 0.6 is 15.9 Å². The number of carbonyl (C=O) groups excluding carboxylic acids is 1. The van der Waals surface area contributed by atoms with Gasteiger partial charge in [0.05, 0.1) is 23.3 Å². The lowest BCUT2D eigenvalue weighted by molar-refractivity contribution is -0.384. The van der Waals surface area contributed by atoms with Gasteiger partial charge >= 0.3 is 0 Å². The van der Waals surface area contributed by atoms with Crippen LogP contribution in [0.15, 0.2) is 12.1 Å². The third-order valence-corrected chi connectivity index (χ3v) is 4.45. The number of aliphatic hydroxyl groups is 1. The molecule has 0 aliphatic carbocycles. The molecule has 152 valence electrons. The van der Waals surface area contributed by atoms with Crippen molar-refractivity contribution in [3.63, 3.8) is 0 Å². The zero-order chi connectivity index (χ0) is 20.6. The summed E-state index contributed by atoms with van der Waals surface area (Å²) in [5, 5.41) is 20.9. The Balaban J connectivity index is 3.38. The van der Waals surface area contributed by atoms with Crippen molar-refractivity contribution in [2.45, 2.75) is 12.8 Å². The number of nitrogen functional groups attached to an aromatic ring is 1. The van der Waals surface area contributed by atoms with Crippen molar-refractivity contribution in [2.75, 3.05) is 48.5 Å². The van der Waals surface area contributed by atoms with Crippen LogP contribution in [0.4, 0.5) is 17.1 Å². The average molecular weight is 468 g/mol. The molecule has 0 atom stereocenters. The van der Waals surface area contributed by atoms with Gasteiger partial charge in [0.15, 0.2) is 5.78 Å². The molecule has 0 aliphatic rings. The molecule has 0 amide bonds. The molecule has 0 fully saturated rings. The van der Waals surface area contributed by atoms with Crippen molar-refractivity contribution < 1.29 is 27.4 Å². The SMILES string of the molecule is CS(=O)(=O)OCCN(CCBr)c1c(C(=O)CCCO)cc(N)cc1[N+](=O)[O-]. The highest BCUT2D eigenvalue weighted by Gasteiger charge is 2.27. The van der Waals surface area contributed by atoms with E-state index in [1.807, 2.05) is 0 Å². The van der Waals surface area contributed by atoms with Gasteiger partial charge in [-0.3, -0.25) is 19.1 Å². The fraction of sp³-hybridized carbons (Fsp3) is 0.533. The van der Waals surface area contributed by atoms with Crippen LogP contribution in [0.25, 0.3) is 0 Å². The van der Waals surface area contributed by atoms with Crippen molar-refractivity contribution >= 4 is 48.9 Å². The van der Waals surface area contributed by atoms with E-state index < -0.39 is 20.8 Å². The summed E-state index contributed by atoms with van der Waals surface area (Å²) in [5.41, 5.74) is 5.53. The average Bonchev–Trinajstić information content (AvgIpc) is 2.57. The van der Waals surface area contributed by atoms with E-state index in [9.17, 15) is 23.3 Å². The topological polar surface area (TPSA) is 153 Å². The standard InChI is InChI=1S/C15H22BrN3O7S/c1-27(24,25)26-8-6-18(5-4-16)15-12(14(21)3-2-7-20)9-11(17)10-13(15)19(22)23/h9-10,20H,2-8,17H2,1H3. The van der Waals surface area contributed by atoms with Gasteiger partial charge in [-0.05, 0) is 12.5 Å². The molecule has 27 heavy (non-hydrogen) atoms. The minimum Gasteiger partial charge on any atom is -0.399 e. The third-order valence-electron chi connectivity index (χ3n) is 3.50. The number of benzene rings is 1. The lowest BCUT2D eigenvalue weighted by Gasteiger charge is -2.26. The Kier molecular flexibility index (Phi) is 9.09. The van der Waals surface area contributed by atoms with Gasteiger partial charge in [-0.1, -0.05) is 15.9 Å². The van der Waals surface area contributed by atoms with Crippen molar-refractivity contribution in [3.8, 4) is 0 Å². The summed E-state index contributed by atoms with van der Waals surface area (Å²) >= 11 is 3.25. The number of alkyl halides is 1. The van der Waals surface area contributed by atoms with Crippen LogP contribution in [0, 0.1) is 10.1 Å². The Morgan fingerprint density at radius 2 is 2.07 bits per heavy atom. The van der Waals surface area contributed by atoms with Crippen LogP contribution in [-0.2, 0) is 14.3 Å². The van der Waals surface area contributed by atoms with Gasteiger partial charge in [-0.25, -0.2) is 0 Å². The monoisotopic (exact) mass is 467 g/mol. The van der Waals surface area contributed by atoms with Crippen molar-refractivity contribution in [1.29, 1.82) is 0 Å². The largest absolute Gasteiger partial charge is 0.399 e. The Bertz CT molecular complexity index is 786. The van der Waals surface area contributed by atoms with E-state index in [4.69, 9.17) is 15.0 Å². The molecular formula is C15H22BrN3O7S. The highest BCUT2D eigenvalue weighted by atomic mass is 79.9. The Labute approximate surface area is 165 Å². The number of nitrogens with zero attached hydrogens (tertiary/aromatic N) is 2. The zero-order valence-corrected chi connectivity index (χ0v) is 17.2. The summed E-state index contributed by atoms with van der Waals surface area (Å²) < 4.78 is 27.1. The number of hydrogen-bond donors (Lipinski definition) is 2. The molecule has 0 heterocycles.